The highest BCUT2D eigenvalue weighted by molar-refractivity contribution is 5.76. The van der Waals surface area contributed by atoms with Crippen molar-refractivity contribution >= 4 is 11.8 Å². The van der Waals surface area contributed by atoms with Gasteiger partial charge in [-0.1, -0.05) is 6.92 Å². The van der Waals surface area contributed by atoms with Crippen molar-refractivity contribution in [2.24, 2.45) is 11.7 Å². The molecule has 5 nitrogen and oxygen atoms in total. The number of piperidine rings is 1. The highest BCUT2D eigenvalue weighted by Gasteiger charge is 2.23. The molecule has 1 aliphatic rings. The summed E-state index contributed by atoms with van der Waals surface area (Å²) in [6.45, 7) is 5.54. The molecule has 1 heterocycles. The van der Waals surface area contributed by atoms with Gasteiger partial charge in [0.2, 0.25) is 11.8 Å². The summed E-state index contributed by atoms with van der Waals surface area (Å²) in [5, 5.41) is 2.90. The minimum absolute atomic E-state index is 0.00605. The lowest BCUT2D eigenvalue weighted by Gasteiger charge is -2.32. The monoisotopic (exact) mass is 241 g/mol. The number of amides is 2. The van der Waals surface area contributed by atoms with E-state index in [-0.39, 0.29) is 23.8 Å². The summed E-state index contributed by atoms with van der Waals surface area (Å²) in [4.78, 5) is 24.7. The number of hydrogen-bond donors (Lipinski definition) is 2. The Labute approximate surface area is 103 Å². The van der Waals surface area contributed by atoms with E-state index in [1.54, 1.807) is 0 Å². The number of nitrogens with one attached hydrogen (secondary N) is 1. The second-order valence-corrected chi connectivity index (χ2v) is 4.90. The van der Waals surface area contributed by atoms with E-state index in [9.17, 15) is 9.59 Å². The molecule has 1 atom stereocenters. The van der Waals surface area contributed by atoms with E-state index >= 15 is 0 Å². The predicted molar refractivity (Wildman–Crippen MR) is 66.3 cm³/mol. The Morgan fingerprint density at radius 1 is 1.41 bits per heavy atom. The van der Waals surface area contributed by atoms with Gasteiger partial charge in [0.1, 0.15) is 0 Å². The Kier molecular flexibility index (Phi) is 5.41. The molecule has 0 aromatic heterocycles. The van der Waals surface area contributed by atoms with Crippen LogP contribution in [0.4, 0.5) is 0 Å². The van der Waals surface area contributed by atoms with Crippen LogP contribution in [0.5, 0.6) is 0 Å². The first-order valence-electron chi connectivity index (χ1n) is 6.28. The zero-order valence-corrected chi connectivity index (χ0v) is 10.7. The summed E-state index contributed by atoms with van der Waals surface area (Å²) >= 11 is 0. The molecule has 0 saturated carbocycles. The zero-order valence-electron chi connectivity index (χ0n) is 10.7. The highest BCUT2D eigenvalue weighted by Crippen LogP contribution is 2.13. The molecular weight excluding hydrogens is 218 g/mol. The lowest BCUT2D eigenvalue weighted by Crippen LogP contribution is -2.46. The first-order valence-corrected chi connectivity index (χ1v) is 6.28. The summed E-state index contributed by atoms with van der Waals surface area (Å²) in [7, 11) is 0. The molecule has 3 N–H and O–H groups in total. The van der Waals surface area contributed by atoms with E-state index in [1.165, 1.54) is 6.92 Å². The Morgan fingerprint density at radius 2 is 2.00 bits per heavy atom. The van der Waals surface area contributed by atoms with E-state index in [0.717, 1.165) is 25.9 Å². The SMILES string of the molecule is CC(=O)NC1CCN(C(=O)CC(C)CN)CC1. The van der Waals surface area contributed by atoms with E-state index < -0.39 is 0 Å². The van der Waals surface area contributed by atoms with Crippen LogP contribution in [0.3, 0.4) is 0 Å². The van der Waals surface area contributed by atoms with Gasteiger partial charge in [-0.15, -0.1) is 0 Å². The van der Waals surface area contributed by atoms with Gasteiger partial charge in [-0.25, -0.2) is 0 Å². The molecule has 0 aliphatic carbocycles. The summed E-state index contributed by atoms with van der Waals surface area (Å²) in [6, 6.07) is 0.225. The van der Waals surface area contributed by atoms with Gasteiger partial charge in [0.05, 0.1) is 0 Å². The third-order valence-electron chi connectivity index (χ3n) is 3.18. The van der Waals surface area contributed by atoms with Gasteiger partial charge in [0.25, 0.3) is 0 Å². The number of rotatable bonds is 4. The topological polar surface area (TPSA) is 75.4 Å². The van der Waals surface area contributed by atoms with Crippen LogP contribution in [-0.2, 0) is 9.59 Å². The Hall–Kier alpha value is -1.10. The number of nitrogens with two attached hydrogens (primary N) is 1. The molecule has 0 aromatic carbocycles. The van der Waals surface area contributed by atoms with Gasteiger partial charge in [0.15, 0.2) is 0 Å². The third-order valence-corrected chi connectivity index (χ3v) is 3.18. The van der Waals surface area contributed by atoms with Crippen LogP contribution in [-0.4, -0.2) is 42.4 Å². The highest BCUT2D eigenvalue weighted by atomic mass is 16.2. The van der Waals surface area contributed by atoms with Crippen LogP contribution in [0.2, 0.25) is 0 Å². The van der Waals surface area contributed by atoms with Crippen molar-refractivity contribution in [3.8, 4) is 0 Å². The zero-order chi connectivity index (χ0) is 12.8. The van der Waals surface area contributed by atoms with Gasteiger partial charge < -0.3 is 16.0 Å². The molecule has 1 aliphatic heterocycles. The average Bonchev–Trinajstić information content (AvgIpc) is 2.28. The minimum atomic E-state index is 0.00605. The number of hydrogen-bond acceptors (Lipinski definition) is 3. The van der Waals surface area contributed by atoms with Crippen molar-refractivity contribution in [2.75, 3.05) is 19.6 Å². The number of likely N-dealkylation sites (tertiary alicyclic amines) is 1. The van der Waals surface area contributed by atoms with Crippen molar-refractivity contribution in [1.29, 1.82) is 0 Å². The van der Waals surface area contributed by atoms with Crippen LogP contribution >= 0.6 is 0 Å². The first kappa shape index (κ1) is 14.0. The van der Waals surface area contributed by atoms with Crippen molar-refractivity contribution in [3.63, 3.8) is 0 Å². The standard InChI is InChI=1S/C12H23N3O2/c1-9(8-13)7-12(17)15-5-3-11(4-6-15)14-10(2)16/h9,11H,3-8,13H2,1-2H3,(H,14,16). The van der Waals surface area contributed by atoms with E-state index in [1.807, 2.05) is 11.8 Å². The quantitative estimate of drug-likeness (QED) is 0.733. The second-order valence-electron chi connectivity index (χ2n) is 4.90. The smallest absolute Gasteiger partial charge is 0.222 e. The molecular formula is C12H23N3O2. The Morgan fingerprint density at radius 3 is 2.47 bits per heavy atom. The van der Waals surface area contributed by atoms with Gasteiger partial charge in [-0.05, 0) is 25.3 Å². The van der Waals surface area contributed by atoms with Crippen molar-refractivity contribution in [1.82, 2.24) is 10.2 Å². The number of carbonyl (C=O) groups excluding carboxylic acids is 2. The van der Waals surface area contributed by atoms with Crippen LogP contribution in [0.1, 0.15) is 33.1 Å². The number of carbonyl (C=O) groups is 2. The van der Waals surface area contributed by atoms with Crippen molar-refractivity contribution < 1.29 is 9.59 Å². The molecule has 0 bridgehead atoms. The van der Waals surface area contributed by atoms with Gasteiger partial charge >= 0.3 is 0 Å². The summed E-state index contributed by atoms with van der Waals surface area (Å²) in [5.41, 5.74) is 5.51. The number of nitrogens with zero attached hydrogens (tertiary/aromatic N) is 1. The summed E-state index contributed by atoms with van der Waals surface area (Å²) < 4.78 is 0. The van der Waals surface area contributed by atoms with Gasteiger partial charge in [-0.2, -0.15) is 0 Å². The Balaban J connectivity index is 2.31. The lowest BCUT2D eigenvalue weighted by molar-refractivity contribution is -0.133. The molecule has 1 fully saturated rings. The van der Waals surface area contributed by atoms with E-state index in [2.05, 4.69) is 5.32 Å². The molecule has 1 rings (SSSR count). The van der Waals surface area contributed by atoms with Crippen molar-refractivity contribution in [3.05, 3.63) is 0 Å². The molecule has 5 heteroatoms. The second kappa shape index (κ2) is 6.59. The van der Waals surface area contributed by atoms with Crippen LogP contribution in [0.25, 0.3) is 0 Å². The molecule has 1 unspecified atom stereocenters. The fourth-order valence-electron chi connectivity index (χ4n) is 2.07. The minimum Gasteiger partial charge on any atom is -0.353 e. The van der Waals surface area contributed by atoms with Gasteiger partial charge in [-0.3, -0.25) is 9.59 Å². The fourth-order valence-corrected chi connectivity index (χ4v) is 2.07. The first-order chi connectivity index (χ1) is 8.02. The van der Waals surface area contributed by atoms with E-state index in [0.29, 0.717) is 13.0 Å². The molecule has 2 amide bonds. The molecule has 0 radical (unpaired) electrons. The summed E-state index contributed by atoms with van der Waals surface area (Å²) in [5.74, 6) is 0.436. The van der Waals surface area contributed by atoms with Gasteiger partial charge in [0, 0.05) is 32.5 Å². The third kappa shape index (κ3) is 4.73. The molecule has 98 valence electrons. The molecule has 0 aromatic rings. The maximum absolute atomic E-state index is 11.9. The normalized spacial score (nSPS) is 18.9. The van der Waals surface area contributed by atoms with Crippen LogP contribution in [0, 0.1) is 5.92 Å². The average molecular weight is 241 g/mol. The fraction of sp³-hybridized carbons (Fsp3) is 0.833. The molecule has 1 saturated heterocycles. The molecule has 17 heavy (non-hydrogen) atoms. The van der Waals surface area contributed by atoms with Crippen LogP contribution in [0.15, 0.2) is 0 Å². The lowest BCUT2D eigenvalue weighted by atomic mass is 10.0. The largest absolute Gasteiger partial charge is 0.353 e. The predicted octanol–water partition coefficient (Wildman–Crippen LogP) is 0.0984. The summed E-state index contributed by atoms with van der Waals surface area (Å²) in [6.07, 6.45) is 2.23. The molecule has 0 spiro atoms. The van der Waals surface area contributed by atoms with Crippen molar-refractivity contribution in [2.45, 2.75) is 39.2 Å². The Bertz CT molecular complexity index is 273. The van der Waals surface area contributed by atoms with Crippen LogP contribution < -0.4 is 11.1 Å². The van der Waals surface area contributed by atoms with E-state index in [4.69, 9.17) is 5.73 Å². The maximum atomic E-state index is 11.9. The maximum Gasteiger partial charge on any atom is 0.222 e.